The summed E-state index contributed by atoms with van der Waals surface area (Å²) in [4.78, 5) is 0. The summed E-state index contributed by atoms with van der Waals surface area (Å²) in [7, 11) is 0. The van der Waals surface area contributed by atoms with Crippen LogP contribution in [-0.4, -0.2) is 44.8 Å². The van der Waals surface area contributed by atoms with Crippen LogP contribution < -0.4 is 0 Å². The molecule has 4 nitrogen and oxygen atoms in total. The molecule has 0 amide bonds. The highest BCUT2D eigenvalue weighted by atomic mass is 16.3. The molecule has 182 valence electrons. The summed E-state index contributed by atoms with van der Waals surface area (Å²) in [5, 5.41) is 42.4. The molecule has 3 fully saturated rings. The van der Waals surface area contributed by atoms with Crippen molar-refractivity contribution in [3.63, 3.8) is 0 Å². The maximum absolute atomic E-state index is 11.6. The van der Waals surface area contributed by atoms with Crippen molar-refractivity contribution < 1.29 is 20.4 Å². The van der Waals surface area contributed by atoms with Crippen LogP contribution in [0.25, 0.3) is 0 Å². The summed E-state index contributed by atoms with van der Waals surface area (Å²) in [6.07, 6.45) is 11.6. The first-order valence-electron chi connectivity index (χ1n) is 13.1. The lowest BCUT2D eigenvalue weighted by atomic mass is 9.45. The molecule has 0 aromatic rings. The Balaban J connectivity index is 1.59. The molecular weight excluding hydrogens is 400 g/mol. The van der Waals surface area contributed by atoms with Crippen molar-refractivity contribution in [3.8, 4) is 0 Å². The minimum atomic E-state index is -1.22. The van der Waals surface area contributed by atoms with Crippen molar-refractivity contribution in [2.45, 2.75) is 97.4 Å². The summed E-state index contributed by atoms with van der Waals surface area (Å²) in [5.41, 5.74) is 0.0321. The molecule has 0 spiro atoms. The molecule has 4 aliphatic rings. The Kier molecular flexibility index (Phi) is 6.51. The first-order chi connectivity index (χ1) is 15.0. The zero-order valence-electron chi connectivity index (χ0n) is 20.8. The van der Waals surface area contributed by atoms with Gasteiger partial charge < -0.3 is 20.4 Å². The highest BCUT2D eigenvalue weighted by Gasteiger charge is 2.64. The van der Waals surface area contributed by atoms with Crippen LogP contribution in [0.5, 0.6) is 0 Å². The topological polar surface area (TPSA) is 80.9 Å². The monoisotopic (exact) mass is 446 g/mol. The summed E-state index contributed by atoms with van der Waals surface area (Å²) in [6, 6.07) is 0. The molecule has 4 N–H and O–H groups in total. The Morgan fingerprint density at radius 1 is 1.00 bits per heavy atom. The van der Waals surface area contributed by atoms with Crippen LogP contribution in [-0.2, 0) is 0 Å². The summed E-state index contributed by atoms with van der Waals surface area (Å²) < 4.78 is 0. The van der Waals surface area contributed by atoms with Crippen molar-refractivity contribution in [3.05, 3.63) is 23.8 Å². The molecule has 0 heterocycles. The average Bonchev–Trinajstić information content (AvgIpc) is 3.11. The molecule has 0 radical (unpaired) electrons. The number of rotatable bonds is 5. The number of hydrogen-bond acceptors (Lipinski definition) is 4. The molecular formula is C28H46O4. The van der Waals surface area contributed by atoms with Crippen LogP contribution in [0.1, 0.15) is 79.6 Å². The SMILES string of the molecule is CC(C=CC(C)C1CCC2C3=CC(O)C4(O)CC(O)CCC4(C)C3CCC21C)C(C)CO. The molecule has 0 aliphatic heterocycles. The van der Waals surface area contributed by atoms with Gasteiger partial charge in [-0.15, -0.1) is 0 Å². The Morgan fingerprint density at radius 3 is 2.41 bits per heavy atom. The molecule has 0 bridgehead atoms. The zero-order valence-corrected chi connectivity index (χ0v) is 20.8. The number of aliphatic hydroxyl groups is 4. The number of hydrogen-bond donors (Lipinski definition) is 4. The number of aliphatic hydroxyl groups excluding tert-OH is 3. The highest BCUT2D eigenvalue weighted by Crippen LogP contribution is 2.67. The van der Waals surface area contributed by atoms with Gasteiger partial charge in [0.1, 0.15) is 11.7 Å². The fraction of sp³-hybridized carbons (Fsp3) is 0.857. The van der Waals surface area contributed by atoms with Crippen molar-refractivity contribution >= 4 is 0 Å². The maximum Gasteiger partial charge on any atom is 0.102 e. The minimum absolute atomic E-state index is 0.220. The smallest absolute Gasteiger partial charge is 0.102 e. The Hall–Kier alpha value is -0.680. The largest absolute Gasteiger partial charge is 0.396 e. The van der Waals surface area contributed by atoms with Crippen molar-refractivity contribution in [2.24, 2.45) is 46.3 Å². The molecule has 0 aromatic heterocycles. The second-order valence-corrected chi connectivity index (χ2v) is 12.4. The van der Waals surface area contributed by atoms with E-state index in [1.165, 1.54) is 12.0 Å². The van der Waals surface area contributed by atoms with E-state index in [0.29, 0.717) is 36.0 Å². The predicted octanol–water partition coefficient (Wildman–Crippen LogP) is 4.47. The standard InChI is InChI=1S/C28H46O4/c1-17(19(3)16-29)6-7-18(2)22-8-9-23-21-14-25(31)28(32)15-20(30)10-13-27(28,5)24(21)11-12-26(22,23)4/h6-7,14,17-20,22-25,29-32H,8-13,15-16H2,1-5H3. The van der Waals surface area contributed by atoms with Gasteiger partial charge in [0.25, 0.3) is 0 Å². The molecule has 4 aliphatic carbocycles. The van der Waals surface area contributed by atoms with Crippen molar-refractivity contribution in [1.29, 1.82) is 0 Å². The second kappa shape index (κ2) is 8.52. The first kappa shape index (κ1) is 24.4. The first-order valence-corrected chi connectivity index (χ1v) is 13.1. The highest BCUT2D eigenvalue weighted by molar-refractivity contribution is 5.33. The van der Waals surface area contributed by atoms with Crippen LogP contribution in [0.3, 0.4) is 0 Å². The summed E-state index contributed by atoms with van der Waals surface area (Å²) >= 11 is 0. The third-order valence-electron chi connectivity index (χ3n) is 10.9. The molecule has 11 unspecified atom stereocenters. The Bertz CT molecular complexity index is 761. The lowest BCUT2D eigenvalue weighted by Crippen LogP contribution is -2.65. The Morgan fingerprint density at radius 2 is 1.72 bits per heavy atom. The zero-order chi connectivity index (χ0) is 23.5. The van der Waals surface area contributed by atoms with Crippen LogP contribution in [0.15, 0.2) is 23.8 Å². The van der Waals surface area contributed by atoms with E-state index < -0.39 is 17.8 Å². The molecule has 3 saturated carbocycles. The Labute approximate surface area is 194 Å². The van der Waals surface area contributed by atoms with E-state index in [4.69, 9.17) is 0 Å². The third-order valence-corrected chi connectivity index (χ3v) is 10.9. The van der Waals surface area contributed by atoms with Gasteiger partial charge in [-0.1, -0.05) is 58.4 Å². The van der Waals surface area contributed by atoms with Gasteiger partial charge in [0.05, 0.1) is 6.10 Å². The lowest BCUT2D eigenvalue weighted by Gasteiger charge is -2.62. The number of allylic oxidation sites excluding steroid dienone is 3. The van der Waals surface area contributed by atoms with Gasteiger partial charge in [-0.25, -0.2) is 0 Å². The normalized spacial score (nSPS) is 49.0. The third kappa shape index (κ3) is 3.56. The van der Waals surface area contributed by atoms with Gasteiger partial charge in [-0.3, -0.25) is 0 Å². The van der Waals surface area contributed by atoms with E-state index in [1.54, 1.807) is 0 Å². The lowest BCUT2D eigenvalue weighted by molar-refractivity contribution is -0.210. The van der Waals surface area contributed by atoms with E-state index in [0.717, 1.165) is 25.7 Å². The van der Waals surface area contributed by atoms with E-state index in [2.05, 4.69) is 46.8 Å². The molecule has 0 aromatic carbocycles. The summed E-state index contributed by atoms with van der Waals surface area (Å²) in [5.74, 6) is 2.53. The molecule has 11 atom stereocenters. The van der Waals surface area contributed by atoms with Crippen LogP contribution in [0.4, 0.5) is 0 Å². The minimum Gasteiger partial charge on any atom is -0.396 e. The second-order valence-electron chi connectivity index (χ2n) is 12.4. The van der Waals surface area contributed by atoms with Gasteiger partial charge in [-0.05, 0) is 79.4 Å². The summed E-state index contributed by atoms with van der Waals surface area (Å²) in [6.45, 7) is 11.5. The predicted molar refractivity (Wildman–Crippen MR) is 128 cm³/mol. The van der Waals surface area contributed by atoms with E-state index in [9.17, 15) is 20.4 Å². The number of fused-ring (bicyclic) bond motifs is 5. The fourth-order valence-corrected chi connectivity index (χ4v) is 8.29. The van der Waals surface area contributed by atoms with E-state index in [1.807, 2.05) is 6.08 Å². The fourth-order valence-electron chi connectivity index (χ4n) is 8.29. The molecule has 0 saturated heterocycles. The average molecular weight is 447 g/mol. The van der Waals surface area contributed by atoms with Crippen LogP contribution in [0, 0.1) is 46.3 Å². The molecule has 32 heavy (non-hydrogen) atoms. The van der Waals surface area contributed by atoms with Gasteiger partial charge in [0.15, 0.2) is 0 Å². The van der Waals surface area contributed by atoms with Gasteiger partial charge >= 0.3 is 0 Å². The molecule has 4 heteroatoms. The van der Waals surface area contributed by atoms with Crippen molar-refractivity contribution in [2.75, 3.05) is 6.61 Å². The van der Waals surface area contributed by atoms with Gasteiger partial charge in [0.2, 0.25) is 0 Å². The maximum atomic E-state index is 11.6. The van der Waals surface area contributed by atoms with E-state index in [-0.39, 0.29) is 29.8 Å². The van der Waals surface area contributed by atoms with Gasteiger partial charge in [0, 0.05) is 18.4 Å². The van der Waals surface area contributed by atoms with Crippen molar-refractivity contribution in [1.82, 2.24) is 0 Å². The van der Waals surface area contributed by atoms with Crippen LogP contribution in [0.2, 0.25) is 0 Å². The van der Waals surface area contributed by atoms with E-state index >= 15 is 0 Å². The quantitative estimate of drug-likeness (QED) is 0.470. The van der Waals surface area contributed by atoms with Gasteiger partial charge in [-0.2, -0.15) is 0 Å². The molecule has 4 rings (SSSR count). The van der Waals surface area contributed by atoms with Crippen LogP contribution >= 0.6 is 0 Å².